The van der Waals surface area contributed by atoms with Gasteiger partial charge < -0.3 is 10.5 Å². The van der Waals surface area contributed by atoms with E-state index in [0.29, 0.717) is 18.6 Å². The lowest BCUT2D eigenvalue weighted by Gasteiger charge is -2.09. The molecule has 1 rings (SSSR count). The number of rotatable bonds is 5. The first-order valence-electron chi connectivity index (χ1n) is 4.98. The molecule has 0 aliphatic carbocycles. The van der Waals surface area contributed by atoms with Gasteiger partial charge in [-0.05, 0) is 6.92 Å². The summed E-state index contributed by atoms with van der Waals surface area (Å²) in [4.78, 5) is 11.7. The van der Waals surface area contributed by atoms with Gasteiger partial charge in [-0.25, -0.2) is 0 Å². The molecule has 3 nitrogen and oxygen atoms in total. The molecule has 1 atom stereocenters. The van der Waals surface area contributed by atoms with E-state index in [1.165, 1.54) is 0 Å². The highest BCUT2D eigenvalue weighted by Gasteiger charge is 2.10. The number of hydrogen-bond donors (Lipinski definition) is 1. The molecule has 0 aromatic heterocycles. The number of nitrogens with two attached hydrogens (primary N) is 1. The Hall–Kier alpha value is -1.19. The Bertz CT molecular complexity index is 319. The molecule has 0 radical (unpaired) electrons. The van der Waals surface area contributed by atoms with Crippen LogP contribution in [0.25, 0.3) is 0 Å². The van der Waals surface area contributed by atoms with Crippen LogP contribution in [0, 0.1) is 6.92 Å². The van der Waals surface area contributed by atoms with Gasteiger partial charge in [0, 0.05) is 25.1 Å². The molecule has 0 saturated carbocycles. The molecule has 0 bridgehead atoms. The van der Waals surface area contributed by atoms with Crippen molar-refractivity contribution in [2.45, 2.75) is 19.4 Å². The molecule has 3 heteroatoms. The molecule has 0 fully saturated rings. The molecule has 1 aromatic rings. The van der Waals surface area contributed by atoms with Gasteiger partial charge in [-0.1, -0.05) is 29.8 Å². The maximum Gasteiger partial charge on any atom is 0.164 e. The molecule has 0 heterocycles. The van der Waals surface area contributed by atoms with Crippen LogP contribution >= 0.6 is 0 Å². The van der Waals surface area contributed by atoms with Crippen LogP contribution in [0.2, 0.25) is 0 Å². The van der Waals surface area contributed by atoms with Crippen molar-refractivity contribution < 1.29 is 9.53 Å². The van der Waals surface area contributed by atoms with Crippen molar-refractivity contribution in [2.24, 2.45) is 5.73 Å². The summed E-state index contributed by atoms with van der Waals surface area (Å²) in [5, 5.41) is 0. The fourth-order valence-electron chi connectivity index (χ4n) is 1.37. The number of ketones is 1. The Morgan fingerprint density at radius 2 is 2.00 bits per heavy atom. The van der Waals surface area contributed by atoms with Crippen molar-refractivity contribution in [3.8, 4) is 0 Å². The van der Waals surface area contributed by atoms with E-state index in [0.717, 1.165) is 5.56 Å². The summed E-state index contributed by atoms with van der Waals surface area (Å²) in [7, 11) is 1.58. The van der Waals surface area contributed by atoms with Gasteiger partial charge in [0.25, 0.3) is 0 Å². The Morgan fingerprint density at radius 1 is 1.40 bits per heavy atom. The number of carbonyl (C=O) groups excluding carboxylic acids is 1. The summed E-state index contributed by atoms with van der Waals surface area (Å²) < 4.78 is 4.88. The standard InChI is InChI=1S/C12H17NO2/c1-9-3-5-10(6-4-9)12(14)7-11(13)8-15-2/h3-6,11H,7-8,13H2,1-2H3. The van der Waals surface area contributed by atoms with Gasteiger partial charge in [-0.2, -0.15) is 0 Å². The first-order chi connectivity index (χ1) is 7.13. The van der Waals surface area contributed by atoms with Crippen LogP contribution in [0.1, 0.15) is 22.3 Å². The normalized spacial score (nSPS) is 12.5. The molecule has 0 saturated heterocycles. The van der Waals surface area contributed by atoms with Crippen LogP contribution in [0.4, 0.5) is 0 Å². The van der Waals surface area contributed by atoms with Crippen molar-refractivity contribution >= 4 is 5.78 Å². The lowest BCUT2D eigenvalue weighted by Crippen LogP contribution is -2.28. The van der Waals surface area contributed by atoms with E-state index in [1.54, 1.807) is 7.11 Å². The van der Waals surface area contributed by atoms with Gasteiger partial charge in [0.2, 0.25) is 0 Å². The number of methoxy groups -OCH3 is 1. The highest BCUT2D eigenvalue weighted by molar-refractivity contribution is 5.96. The zero-order valence-corrected chi connectivity index (χ0v) is 9.19. The third kappa shape index (κ3) is 3.81. The van der Waals surface area contributed by atoms with Crippen molar-refractivity contribution in [3.63, 3.8) is 0 Å². The molecular weight excluding hydrogens is 190 g/mol. The van der Waals surface area contributed by atoms with Gasteiger partial charge in [0.05, 0.1) is 6.61 Å². The van der Waals surface area contributed by atoms with Crippen molar-refractivity contribution in [3.05, 3.63) is 35.4 Å². The van der Waals surface area contributed by atoms with Gasteiger partial charge >= 0.3 is 0 Å². The van der Waals surface area contributed by atoms with Gasteiger partial charge in [-0.15, -0.1) is 0 Å². The lowest BCUT2D eigenvalue weighted by molar-refractivity contribution is 0.0949. The van der Waals surface area contributed by atoms with Crippen molar-refractivity contribution in [1.82, 2.24) is 0 Å². The molecule has 15 heavy (non-hydrogen) atoms. The van der Waals surface area contributed by atoms with Crippen molar-refractivity contribution in [2.75, 3.05) is 13.7 Å². The third-order valence-electron chi connectivity index (χ3n) is 2.20. The Balaban J connectivity index is 2.57. The molecule has 0 aliphatic heterocycles. The minimum atomic E-state index is -0.219. The smallest absolute Gasteiger partial charge is 0.164 e. The average molecular weight is 207 g/mol. The zero-order chi connectivity index (χ0) is 11.3. The molecule has 2 N–H and O–H groups in total. The maximum atomic E-state index is 11.7. The minimum absolute atomic E-state index is 0.0690. The van der Waals surface area contributed by atoms with E-state index in [1.807, 2.05) is 31.2 Å². The topological polar surface area (TPSA) is 52.3 Å². The van der Waals surface area contributed by atoms with Crippen LogP contribution < -0.4 is 5.73 Å². The predicted octanol–water partition coefficient (Wildman–Crippen LogP) is 1.54. The number of ether oxygens (including phenoxy) is 1. The number of aryl methyl sites for hydroxylation is 1. The van der Waals surface area contributed by atoms with Crippen LogP contribution in [0.5, 0.6) is 0 Å². The monoisotopic (exact) mass is 207 g/mol. The average Bonchev–Trinajstić information content (AvgIpc) is 2.18. The quantitative estimate of drug-likeness (QED) is 0.745. The highest BCUT2D eigenvalue weighted by atomic mass is 16.5. The molecule has 0 amide bonds. The third-order valence-corrected chi connectivity index (χ3v) is 2.20. The Labute approximate surface area is 90.2 Å². The second-order valence-electron chi connectivity index (χ2n) is 3.71. The SMILES string of the molecule is COCC(N)CC(=O)c1ccc(C)cc1. The fraction of sp³-hybridized carbons (Fsp3) is 0.417. The number of hydrogen-bond acceptors (Lipinski definition) is 3. The molecule has 1 unspecified atom stereocenters. The Kier molecular flexibility index (Phi) is 4.46. The fourth-order valence-corrected chi connectivity index (χ4v) is 1.37. The molecule has 0 spiro atoms. The van der Waals surface area contributed by atoms with Crippen molar-refractivity contribution in [1.29, 1.82) is 0 Å². The zero-order valence-electron chi connectivity index (χ0n) is 9.19. The van der Waals surface area contributed by atoms with Crippen LogP contribution in [-0.2, 0) is 4.74 Å². The summed E-state index contributed by atoms with van der Waals surface area (Å²) in [5.41, 5.74) is 7.57. The summed E-state index contributed by atoms with van der Waals surface area (Å²) in [6.07, 6.45) is 0.330. The lowest BCUT2D eigenvalue weighted by atomic mass is 10.0. The number of benzene rings is 1. The maximum absolute atomic E-state index is 11.7. The largest absolute Gasteiger partial charge is 0.383 e. The van der Waals surface area contributed by atoms with E-state index < -0.39 is 0 Å². The van der Waals surface area contributed by atoms with E-state index in [4.69, 9.17) is 10.5 Å². The van der Waals surface area contributed by atoms with E-state index >= 15 is 0 Å². The first-order valence-corrected chi connectivity index (χ1v) is 4.98. The van der Waals surface area contributed by atoms with Crippen LogP contribution in [0.3, 0.4) is 0 Å². The van der Waals surface area contributed by atoms with Crippen LogP contribution in [-0.4, -0.2) is 25.5 Å². The number of carbonyl (C=O) groups is 1. The Morgan fingerprint density at radius 3 is 2.53 bits per heavy atom. The molecule has 0 aliphatic rings. The van der Waals surface area contributed by atoms with Gasteiger partial charge in [0.1, 0.15) is 0 Å². The second-order valence-corrected chi connectivity index (χ2v) is 3.71. The number of Topliss-reactive ketones (excluding diaryl/α,β-unsaturated/α-hetero) is 1. The summed E-state index contributed by atoms with van der Waals surface area (Å²) in [6.45, 7) is 2.41. The molecular formula is C12H17NO2. The van der Waals surface area contributed by atoms with E-state index in [9.17, 15) is 4.79 Å². The van der Waals surface area contributed by atoms with Crippen LogP contribution in [0.15, 0.2) is 24.3 Å². The van der Waals surface area contributed by atoms with E-state index in [-0.39, 0.29) is 11.8 Å². The predicted molar refractivity (Wildman–Crippen MR) is 60.0 cm³/mol. The van der Waals surface area contributed by atoms with Gasteiger partial charge in [-0.3, -0.25) is 4.79 Å². The summed E-state index contributed by atoms with van der Waals surface area (Å²) in [5.74, 6) is 0.0690. The minimum Gasteiger partial charge on any atom is -0.383 e. The molecule has 1 aromatic carbocycles. The highest BCUT2D eigenvalue weighted by Crippen LogP contribution is 2.07. The molecule has 82 valence electrons. The summed E-state index contributed by atoms with van der Waals surface area (Å²) in [6, 6.07) is 7.29. The van der Waals surface area contributed by atoms with E-state index in [2.05, 4.69) is 0 Å². The first kappa shape index (κ1) is 11.9. The second kappa shape index (κ2) is 5.63. The van der Waals surface area contributed by atoms with Gasteiger partial charge in [0.15, 0.2) is 5.78 Å². The summed E-state index contributed by atoms with van der Waals surface area (Å²) >= 11 is 0.